The van der Waals surface area contributed by atoms with Crippen LogP contribution < -0.4 is 0 Å². The SMILES string of the molecule is CC(C)CCCC(C)CCCC(C)CCOC(=O)CC(O)(CC(=O)O)C(=O)O.CC(C)CCCC(C)CCOC(=O)CC(O)(CC(=O)O)C(=O)O.CCC(C)(CCCC(C)C)OC(=O)CC(O)(CC(=O)O)C(=O)O.CCC(C)CCCC(C)(C)OC(=O)CC(O)(CC(=O)O)C(=O)O.CCC(C)CCCC(C)COC(=O)CC(O)(CC(=O)O)C(=O)O.CCCCC(C)CC(C)(C)OC(=O)CC(O)C(C(C)=O)C(=O)O. The molecule has 0 heterocycles. The monoisotopic (exact) mass is 2060 g/mol. The number of aliphatic hydroxyl groups excluding tert-OH is 1. The van der Waals surface area contributed by atoms with E-state index in [1.807, 2.05) is 20.8 Å². The molecule has 0 saturated heterocycles. The number of hydrogen-bond donors (Lipinski definition) is 17. The molecule has 17 N–H and O–H groups in total. The van der Waals surface area contributed by atoms with Crippen LogP contribution in [0.5, 0.6) is 0 Å². The highest BCUT2D eigenvalue weighted by Gasteiger charge is 2.47. The normalized spacial score (nSPS) is 15.7. The number of carboxylic acid groups (broad SMARTS) is 11. The Balaban J connectivity index is -0.000000394. The van der Waals surface area contributed by atoms with Gasteiger partial charge in [-0.1, -0.05) is 233 Å². The van der Waals surface area contributed by atoms with Gasteiger partial charge in [-0.25, -0.2) is 24.0 Å². The number of carbonyl (C=O) groups excluding carboxylic acids is 7. The van der Waals surface area contributed by atoms with Crippen molar-refractivity contribution in [3.8, 4) is 0 Å². The zero-order chi connectivity index (χ0) is 113. The largest absolute Gasteiger partial charge is 0.481 e. The third kappa shape index (κ3) is 75.8. The van der Waals surface area contributed by atoms with Crippen molar-refractivity contribution < 1.29 is 202 Å². The Morgan fingerprint density at radius 3 is 0.860 bits per heavy atom. The van der Waals surface area contributed by atoms with E-state index < -0.39 is 235 Å². The highest BCUT2D eigenvalue weighted by molar-refractivity contribution is 5.98. The first-order chi connectivity index (χ1) is 65.5. The van der Waals surface area contributed by atoms with Gasteiger partial charge in [0.1, 0.15) is 28.5 Å². The van der Waals surface area contributed by atoms with E-state index >= 15 is 0 Å². The Bertz CT molecular complexity index is 3800. The van der Waals surface area contributed by atoms with Crippen molar-refractivity contribution in [1.29, 1.82) is 0 Å². The molecule has 41 heteroatoms. The fraction of sp³-hybridized carbons (Fsp3) is 0.824. The molecule has 0 rings (SSSR count). The minimum absolute atomic E-state index is 0.125. The van der Waals surface area contributed by atoms with Crippen molar-refractivity contribution >= 4 is 107 Å². The maximum Gasteiger partial charge on any atom is 0.336 e. The lowest BCUT2D eigenvalue weighted by molar-refractivity contribution is -0.177. The van der Waals surface area contributed by atoms with Crippen molar-refractivity contribution in [2.45, 2.75) is 454 Å². The number of carbonyl (C=O) groups is 18. The minimum Gasteiger partial charge on any atom is -0.481 e. The smallest absolute Gasteiger partial charge is 0.336 e. The van der Waals surface area contributed by atoms with Crippen molar-refractivity contribution in [3.63, 3.8) is 0 Å². The predicted molar refractivity (Wildman–Crippen MR) is 523 cm³/mol. The van der Waals surface area contributed by atoms with E-state index in [0.717, 1.165) is 122 Å². The van der Waals surface area contributed by atoms with Crippen molar-refractivity contribution in [2.24, 2.45) is 65.1 Å². The standard InChI is InChI=1S/C21H38O7.C17H30O6.4C16H28O7/c1-15(2)7-5-8-16(3)9-6-10-17(4)11-12-28-19(24)14-21(27,20(25)26)13-18(22)23;1-6-7-8-11(2)10-17(4,5)23-14(20)9-13(19)15(12(3)18)16(21)22;1-11(2)5-4-6-12(3)7-8-23-14(19)10-16(22,15(20)21)9-13(17)18;1-5-11(2)7-6-8-15(3,4)23-13(19)10-16(22,14(20)21)9-12(17)18;1-5-15(4,8-6-7-11(2)3)23-13(19)10-16(22,14(20)21)9-12(17)18;1-4-11(2)6-5-7-12(3)10-23-14(19)9-16(22,15(20)21)8-13(17)18/h15-17,27H,5-14H2,1-4H3,(H,22,23)(H,25,26);11,13,15,19H,6-10H2,1-5H3,(H,21,22);11-12,22H,4-10H2,1-3H3,(H,17,18)(H,20,21);2*11,22H,5-10H2,1-4H3,(H,17,18)(H,20,21);11-12,22H,4-10H2,1-3H3,(H,17,18)(H,20,21). The molecule has 0 saturated carbocycles. The molecule has 0 radical (unpaired) electrons. The van der Waals surface area contributed by atoms with Gasteiger partial charge in [0.05, 0.1) is 96.6 Å². The lowest BCUT2D eigenvalue weighted by atomic mass is 9.90. The van der Waals surface area contributed by atoms with E-state index in [4.69, 9.17) is 84.6 Å². The first-order valence-electron chi connectivity index (χ1n) is 49.9. The first-order valence-corrected chi connectivity index (χ1v) is 49.9. The van der Waals surface area contributed by atoms with E-state index in [2.05, 4.69) is 96.9 Å². The second kappa shape index (κ2) is 74.3. The van der Waals surface area contributed by atoms with Gasteiger partial charge < -0.3 is 115 Å². The van der Waals surface area contributed by atoms with Gasteiger partial charge in [-0.05, 0) is 159 Å². The van der Waals surface area contributed by atoms with Crippen LogP contribution in [0.15, 0.2) is 0 Å². The molecule has 41 nitrogen and oxygen atoms in total. The number of rotatable bonds is 73. The van der Waals surface area contributed by atoms with Crippen LogP contribution in [0, 0.1) is 65.1 Å². The Labute approximate surface area is 844 Å². The van der Waals surface area contributed by atoms with Crippen molar-refractivity contribution in [2.75, 3.05) is 19.8 Å². The molecule has 0 fully saturated rings. The molecule has 15 unspecified atom stereocenters. The number of Topliss-reactive ketones (excluding diaryl/α,β-unsaturated/α-hetero) is 1. The van der Waals surface area contributed by atoms with E-state index in [9.17, 15) is 117 Å². The fourth-order valence-corrected chi connectivity index (χ4v) is 14.5. The lowest BCUT2D eigenvalue weighted by Crippen LogP contribution is -2.44. The number of aliphatic carboxylic acids is 11. The number of ketones is 1. The quantitative estimate of drug-likeness (QED) is 0.0153. The van der Waals surface area contributed by atoms with E-state index in [1.54, 1.807) is 34.6 Å². The van der Waals surface area contributed by atoms with Crippen LogP contribution in [0.25, 0.3) is 0 Å². The van der Waals surface area contributed by atoms with Crippen LogP contribution in [-0.2, 0) is 115 Å². The van der Waals surface area contributed by atoms with E-state index in [-0.39, 0.29) is 25.7 Å². The van der Waals surface area contributed by atoms with Crippen LogP contribution in [-0.4, -0.2) is 265 Å². The van der Waals surface area contributed by atoms with E-state index in [1.165, 1.54) is 25.7 Å². The second-order valence-electron chi connectivity index (χ2n) is 41.7. The average molecular weight is 2060 g/mol. The lowest BCUT2D eigenvalue weighted by Gasteiger charge is -2.30. The third-order valence-electron chi connectivity index (χ3n) is 24.0. The molecule has 0 spiro atoms. The summed E-state index contributed by atoms with van der Waals surface area (Å²) in [6.45, 7) is 46.2. The minimum atomic E-state index is -2.66. The fourth-order valence-electron chi connectivity index (χ4n) is 14.5. The maximum absolute atomic E-state index is 12.0. The number of esters is 6. The maximum atomic E-state index is 12.0. The highest BCUT2D eigenvalue weighted by atomic mass is 16.6. The summed E-state index contributed by atoms with van der Waals surface area (Å²) in [6.07, 6.45) is 14.5. The third-order valence-corrected chi connectivity index (χ3v) is 24.0. The molecule has 0 amide bonds. The summed E-state index contributed by atoms with van der Waals surface area (Å²) >= 11 is 0. The molecule has 0 aliphatic rings. The molecule has 0 aliphatic carbocycles. The molecule has 0 aliphatic heterocycles. The Kier molecular flexibility index (Phi) is 74.9. The Morgan fingerprint density at radius 1 is 0.287 bits per heavy atom. The number of carboxylic acids is 11. The van der Waals surface area contributed by atoms with Crippen molar-refractivity contribution in [3.05, 3.63) is 0 Å². The topological polar surface area (TPSA) is 707 Å². The van der Waals surface area contributed by atoms with Gasteiger partial charge in [-0.15, -0.1) is 0 Å². The molecule has 0 bridgehead atoms. The number of hydrogen-bond acceptors (Lipinski definition) is 30. The molecular weight excluding hydrogens is 1880 g/mol. The van der Waals surface area contributed by atoms with Crippen LogP contribution in [0.2, 0.25) is 0 Å². The summed E-state index contributed by atoms with van der Waals surface area (Å²) in [5.41, 5.74) is -15.5. The number of ether oxygens (including phenoxy) is 6. The molecule has 0 aromatic heterocycles. The molecule has 834 valence electrons. The molecular formula is C102H180O41. The predicted octanol–water partition coefficient (Wildman–Crippen LogP) is 15.0. The zero-order valence-corrected chi connectivity index (χ0v) is 89.3. The van der Waals surface area contributed by atoms with Gasteiger partial charge in [0, 0.05) is 0 Å². The van der Waals surface area contributed by atoms with Crippen LogP contribution in [0.3, 0.4) is 0 Å². The zero-order valence-electron chi connectivity index (χ0n) is 89.3. The summed E-state index contributed by atoms with van der Waals surface area (Å²) in [7, 11) is 0. The molecule has 0 aromatic carbocycles. The van der Waals surface area contributed by atoms with Crippen LogP contribution in [0.1, 0.15) is 403 Å². The van der Waals surface area contributed by atoms with Crippen LogP contribution in [0.4, 0.5) is 0 Å². The Hall–Kier alpha value is -9.58. The van der Waals surface area contributed by atoms with Gasteiger partial charge in [0.2, 0.25) is 0 Å². The van der Waals surface area contributed by atoms with Gasteiger partial charge in [0.15, 0.2) is 28.0 Å². The molecule has 15 atom stereocenters. The molecule has 0 aromatic rings. The summed E-state index contributed by atoms with van der Waals surface area (Å²) in [6, 6.07) is 0. The second-order valence-corrected chi connectivity index (χ2v) is 41.7. The molecule has 143 heavy (non-hydrogen) atoms. The summed E-state index contributed by atoms with van der Waals surface area (Å²) < 4.78 is 30.8. The summed E-state index contributed by atoms with van der Waals surface area (Å²) in [5, 5.41) is 156. The number of aliphatic hydroxyl groups is 6. The van der Waals surface area contributed by atoms with E-state index in [0.29, 0.717) is 85.9 Å². The number of unbranched alkanes of at least 4 members (excludes halogenated alkanes) is 1. The summed E-state index contributed by atoms with van der Waals surface area (Å²) in [5.74, 6) is -20.1. The van der Waals surface area contributed by atoms with Gasteiger partial charge in [0.25, 0.3) is 0 Å². The van der Waals surface area contributed by atoms with Crippen LogP contribution >= 0.6 is 0 Å². The van der Waals surface area contributed by atoms with Gasteiger partial charge in [-0.2, -0.15) is 0 Å². The first kappa shape index (κ1) is 144. The van der Waals surface area contributed by atoms with Crippen molar-refractivity contribution in [1.82, 2.24) is 0 Å². The highest BCUT2D eigenvalue weighted by Crippen LogP contribution is 2.32. The summed E-state index contributed by atoms with van der Waals surface area (Å²) in [4.78, 5) is 201. The Morgan fingerprint density at radius 2 is 0.559 bits per heavy atom. The van der Waals surface area contributed by atoms with Gasteiger partial charge in [-0.3, -0.25) is 62.3 Å². The average Bonchev–Trinajstić information content (AvgIpc) is 0.849. The van der Waals surface area contributed by atoms with Gasteiger partial charge >= 0.3 is 101 Å².